The second kappa shape index (κ2) is 6.11. The van der Waals surface area contributed by atoms with E-state index in [1.807, 2.05) is 34.6 Å². The average molecular weight is 216 g/mol. The van der Waals surface area contributed by atoms with Gasteiger partial charge in [0.15, 0.2) is 0 Å². The van der Waals surface area contributed by atoms with Gasteiger partial charge >= 0.3 is 5.97 Å². The molecule has 0 amide bonds. The van der Waals surface area contributed by atoms with Gasteiger partial charge in [-0.25, -0.2) is 0 Å². The third-order valence-electron chi connectivity index (χ3n) is 3.36. The van der Waals surface area contributed by atoms with Crippen molar-refractivity contribution in [1.82, 2.24) is 0 Å². The third kappa shape index (κ3) is 3.20. The van der Waals surface area contributed by atoms with Gasteiger partial charge < -0.3 is 9.47 Å². The summed E-state index contributed by atoms with van der Waals surface area (Å²) in [6, 6.07) is 0. The van der Waals surface area contributed by atoms with Gasteiger partial charge in [0.2, 0.25) is 0 Å². The van der Waals surface area contributed by atoms with Crippen molar-refractivity contribution >= 4 is 5.97 Å². The largest absolute Gasteiger partial charge is 0.466 e. The van der Waals surface area contributed by atoms with Crippen LogP contribution in [0.1, 0.15) is 34.6 Å². The summed E-state index contributed by atoms with van der Waals surface area (Å²) in [5.41, 5.74) is -0.466. The van der Waals surface area contributed by atoms with Gasteiger partial charge in [-0.15, -0.1) is 0 Å². The van der Waals surface area contributed by atoms with Gasteiger partial charge in [0.05, 0.1) is 12.0 Å². The summed E-state index contributed by atoms with van der Waals surface area (Å²) in [6.45, 7) is 10.9. The predicted octanol–water partition coefficient (Wildman–Crippen LogP) is 2.49. The van der Waals surface area contributed by atoms with Gasteiger partial charge in [-0.2, -0.15) is 0 Å². The van der Waals surface area contributed by atoms with Crippen molar-refractivity contribution in [1.29, 1.82) is 0 Å². The molecule has 3 heteroatoms. The lowest BCUT2D eigenvalue weighted by atomic mass is 9.70. The van der Waals surface area contributed by atoms with E-state index in [2.05, 4.69) is 0 Å². The van der Waals surface area contributed by atoms with E-state index in [9.17, 15) is 4.79 Å². The van der Waals surface area contributed by atoms with Crippen LogP contribution in [0.3, 0.4) is 0 Å². The van der Waals surface area contributed by atoms with E-state index in [0.29, 0.717) is 13.2 Å². The lowest BCUT2D eigenvalue weighted by molar-refractivity contribution is -0.162. The molecule has 0 saturated carbocycles. The zero-order valence-electron chi connectivity index (χ0n) is 10.8. The van der Waals surface area contributed by atoms with Crippen LogP contribution in [-0.2, 0) is 14.3 Å². The summed E-state index contributed by atoms with van der Waals surface area (Å²) < 4.78 is 10.3. The van der Waals surface area contributed by atoms with Gasteiger partial charge in [-0.05, 0) is 25.7 Å². The van der Waals surface area contributed by atoms with Crippen molar-refractivity contribution in [2.45, 2.75) is 34.6 Å². The molecular weight excluding hydrogens is 192 g/mol. The Morgan fingerprint density at radius 1 is 1.33 bits per heavy atom. The zero-order valence-corrected chi connectivity index (χ0v) is 10.8. The van der Waals surface area contributed by atoms with Gasteiger partial charge in [0.25, 0.3) is 0 Å². The topological polar surface area (TPSA) is 35.5 Å². The maximum Gasteiger partial charge on any atom is 0.312 e. The molecule has 0 radical (unpaired) electrons. The average Bonchev–Trinajstić information content (AvgIpc) is 2.16. The fourth-order valence-corrected chi connectivity index (χ4v) is 1.72. The number of rotatable bonds is 6. The molecule has 0 aliphatic rings. The molecule has 0 aliphatic carbocycles. The standard InChI is InChI=1S/C12H24O3/c1-7-15-11(13)12(5,9(2)3)10(4)8-14-6/h9-10H,7-8H2,1-6H3. The normalized spacial score (nSPS) is 17.3. The van der Waals surface area contributed by atoms with E-state index in [1.165, 1.54) is 0 Å². The molecule has 15 heavy (non-hydrogen) atoms. The summed E-state index contributed by atoms with van der Waals surface area (Å²) >= 11 is 0. The maximum atomic E-state index is 11.9. The number of carbonyl (C=O) groups is 1. The number of methoxy groups -OCH3 is 1. The van der Waals surface area contributed by atoms with Crippen LogP contribution in [0, 0.1) is 17.3 Å². The lowest BCUT2D eigenvalue weighted by Crippen LogP contribution is -2.42. The molecular formula is C12H24O3. The summed E-state index contributed by atoms with van der Waals surface area (Å²) in [5, 5.41) is 0. The highest BCUT2D eigenvalue weighted by Gasteiger charge is 2.42. The van der Waals surface area contributed by atoms with Crippen LogP contribution in [0.15, 0.2) is 0 Å². The van der Waals surface area contributed by atoms with E-state index < -0.39 is 5.41 Å². The van der Waals surface area contributed by atoms with Gasteiger partial charge in [0, 0.05) is 13.7 Å². The van der Waals surface area contributed by atoms with Crippen molar-refractivity contribution < 1.29 is 14.3 Å². The van der Waals surface area contributed by atoms with Gasteiger partial charge in [0.1, 0.15) is 0 Å². The number of hydrogen-bond acceptors (Lipinski definition) is 3. The molecule has 0 aromatic carbocycles. The first kappa shape index (κ1) is 14.4. The lowest BCUT2D eigenvalue weighted by Gasteiger charge is -2.36. The van der Waals surface area contributed by atoms with Crippen LogP contribution in [0.25, 0.3) is 0 Å². The fraction of sp³-hybridized carbons (Fsp3) is 0.917. The Bertz CT molecular complexity index is 201. The number of hydrogen-bond donors (Lipinski definition) is 0. The van der Waals surface area contributed by atoms with Crippen LogP contribution in [0.4, 0.5) is 0 Å². The monoisotopic (exact) mass is 216 g/mol. The Labute approximate surface area is 93.1 Å². The first-order valence-corrected chi connectivity index (χ1v) is 5.57. The number of ether oxygens (including phenoxy) is 2. The third-order valence-corrected chi connectivity index (χ3v) is 3.36. The van der Waals surface area contributed by atoms with Crippen LogP contribution in [0.2, 0.25) is 0 Å². The molecule has 90 valence electrons. The Hall–Kier alpha value is -0.570. The molecule has 0 saturated heterocycles. The van der Waals surface area contributed by atoms with Crippen LogP contribution in [0.5, 0.6) is 0 Å². The fourth-order valence-electron chi connectivity index (χ4n) is 1.72. The van der Waals surface area contributed by atoms with E-state index in [0.717, 1.165) is 0 Å². The highest BCUT2D eigenvalue weighted by atomic mass is 16.5. The molecule has 0 heterocycles. The molecule has 0 fully saturated rings. The van der Waals surface area contributed by atoms with Gasteiger partial charge in [-0.1, -0.05) is 20.8 Å². The SMILES string of the molecule is CCOC(=O)C(C)(C(C)C)C(C)COC. The molecule has 3 nitrogen and oxygen atoms in total. The van der Waals surface area contributed by atoms with Crippen molar-refractivity contribution in [3.63, 3.8) is 0 Å². The smallest absolute Gasteiger partial charge is 0.312 e. The van der Waals surface area contributed by atoms with Gasteiger partial charge in [-0.3, -0.25) is 4.79 Å². The molecule has 0 aromatic heterocycles. The summed E-state index contributed by atoms with van der Waals surface area (Å²) in [5.74, 6) is 0.271. The summed E-state index contributed by atoms with van der Waals surface area (Å²) in [6.07, 6.45) is 0. The minimum atomic E-state index is -0.466. The second-order valence-corrected chi connectivity index (χ2v) is 4.51. The van der Waals surface area contributed by atoms with Crippen LogP contribution >= 0.6 is 0 Å². The van der Waals surface area contributed by atoms with E-state index in [1.54, 1.807) is 7.11 Å². The van der Waals surface area contributed by atoms with Crippen LogP contribution in [-0.4, -0.2) is 26.3 Å². The van der Waals surface area contributed by atoms with E-state index >= 15 is 0 Å². The Morgan fingerprint density at radius 3 is 2.20 bits per heavy atom. The number of carbonyl (C=O) groups excluding carboxylic acids is 1. The van der Waals surface area contributed by atoms with Crippen molar-refractivity contribution in [2.75, 3.05) is 20.3 Å². The molecule has 0 rings (SSSR count). The van der Waals surface area contributed by atoms with E-state index in [-0.39, 0.29) is 17.8 Å². The quantitative estimate of drug-likeness (QED) is 0.640. The molecule has 0 aromatic rings. The summed E-state index contributed by atoms with van der Waals surface area (Å²) in [4.78, 5) is 11.9. The zero-order chi connectivity index (χ0) is 12.1. The minimum absolute atomic E-state index is 0.121. The predicted molar refractivity (Wildman–Crippen MR) is 60.6 cm³/mol. The highest BCUT2D eigenvalue weighted by Crippen LogP contribution is 2.37. The first-order valence-electron chi connectivity index (χ1n) is 5.57. The Morgan fingerprint density at radius 2 is 1.87 bits per heavy atom. The van der Waals surface area contributed by atoms with E-state index in [4.69, 9.17) is 9.47 Å². The Balaban J connectivity index is 4.79. The maximum absolute atomic E-state index is 11.9. The van der Waals surface area contributed by atoms with Crippen molar-refractivity contribution in [2.24, 2.45) is 17.3 Å². The molecule has 0 spiro atoms. The molecule has 0 aliphatic heterocycles. The molecule has 0 N–H and O–H groups in total. The van der Waals surface area contributed by atoms with Crippen LogP contribution < -0.4 is 0 Å². The Kier molecular flexibility index (Phi) is 5.88. The number of esters is 1. The second-order valence-electron chi connectivity index (χ2n) is 4.51. The molecule has 2 unspecified atom stereocenters. The summed E-state index contributed by atoms with van der Waals surface area (Å²) in [7, 11) is 1.66. The molecule has 2 atom stereocenters. The minimum Gasteiger partial charge on any atom is -0.466 e. The highest BCUT2D eigenvalue weighted by molar-refractivity contribution is 5.77. The van der Waals surface area contributed by atoms with Crippen molar-refractivity contribution in [3.05, 3.63) is 0 Å². The van der Waals surface area contributed by atoms with Crippen molar-refractivity contribution in [3.8, 4) is 0 Å². The molecule has 0 bridgehead atoms. The first-order chi connectivity index (χ1) is 6.91.